The maximum atomic E-state index is 12.4. The van der Waals surface area contributed by atoms with Crippen LogP contribution in [0.2, 0.25) is 0 Å². The first-order valence-corrected chi connectivity index (χ1v) is 9.04. The van der Waals surface area contributed by atoms with Crippen LogP contribution in [0.3, 0.4) is 0 Å². The number of hydrogen-bond acceptors (Lipinski definition) is 3. The van der Waals surface area contributed by atoms with Crippen molar-refractivity contribution in [3.63, 3.8) is 0 Å². The fraction of sp³-hybridized carbons (Fsp3) is 0.400. The van der Waals surface area contributed by atoms with E-state index in [1.807, 2.05) is 12.1 Å². The van der Waals surface area contributed by atoms with E-state index >= 15 is 0 Å². The van der Waals surface area contributed by atoms with Gasteiger partial charge in [0, 0.05) is 31.5 Å². The van der Waals surface area contributed by atoms with Gasteiger partial charge in [-0.2, -0.15) is 0 Å². The van der Waals surface area contributed by atoms with Crippen LogP contribution in [0.4, 0.5) is 5.69 Å². The first kappa shape index (κ1) is 18.2. The number of likely N-dealkylation sites (tertiary alicyclic amines) is 1. The number of primary amides is 1. The summed E-state index contributed by atoms with van der Waals surface area (Å²) in [7, 11) is 1.71. The summed E-state index contributed by atoms with van der Waals surface area (Å²) >= 11 is 0. The lowest BCUT2D eigenvalue weighted by molar-refractivity contribution is 0.0998. The van der Waals surface area contributed by atoms with Crippen LogP contribution < -0.4 is 11.1 Å². The zero-order valence-electron chi connectivity index (χ0n) is 15.4. The molecule has 1 aromatic carbocycles. The number of rotatable bonds is 5. The van der Waals surface area contributed by atoms with Crippen molar-refractivity contribution in [1.82, 2.24) is 9.47 Å². The summed E-state index contributed by atoms with van der Waals surface area (Å²) < 4.78 is 1.60. The molecule has 1 fully saturated rings. The number of carbonyl (C=O) groups is 2. The van der Waals surface area contributed by atoms with Crippen molar-refractivity contribution < 1.29 is 9.59 Å². The van der Waals surface area contributed by atoms with E-state index in [0.717, 1.165) is 18.8 Å². The third-order valence-electron chi connectivity index (χ3n) is 5.06. The number of anilines is 1. The first-order valence-electron chi connectivity index (χ1n) is 9.04. The van der Waals surface area contributed by atoms with Crippen LogP contribution in [0.25, 0.3) is 0 Å². The van der Waals surface area contributed by atoms with Crippen LogP contribution in [-0.2, 0) is 13.6 Å². The van der Waals surface area contributed by atoms with Gasteiger partial charge in [0.05, 0.1) is 5.56 Å². The molecular formula is C20H26N4O2. The number of carbonyl (C=O) groups excluding carboxylic acids is 2. The number of aromatic nitrogens is 1. The van der Waals surface area contributed by atoms with E-state index in [-0.39, 0.29) is 5.91 Å². The Labute approximate surface area is 154 Å². The summed E-state index contributed by atoms with van der Waals surface area (Å²) in [5, 5.41) is 2.87. The summed E-state index contributed by atoms with van der Waals surface area (Å²) in [5.74, 6) is -0.812. The summed E-state index contributed by atoms with van der Waals surface area (Å²) in [6, 6.07) is 10.1. The van der Waals surface area contributed by atoms with E-state index in [0.29, 0.717) is 17.3 Å². The van der Waals surface area contributed by atoms with E-state index in [2.05, 4.69) is 29.3 Å². The number of amides is 2. The minimum absolute atomic E-state index is 0.266. The normalized spacial score (nSPS) is 17.8. The van der Waals surface area contributed by atoms with Crippen LogP contribution in [0.5, 0.6) is 0 Å². The van der Waals surface area contributed by atoms with Crippen LogP contribution >= 0.6 is 0 Å². The molecule has 1 aromatic heterocycles. The molecule has 6 heteroatoms. The minimum Gasteiger partial charge on any atom is -0.366 e. The van der Waals surface area contributed by atoms with Gasteiger partial charge in [-0.1, -0.05) is 18.6 Å². The van der Waals surface area contributed by atoms with Gasteiger partial charge in [-0.15, -0.1) is 0 Å². The highest BCUT2D eigenvalue weighted by atomic mass is 16.2. The van der Waals surface area contributed by atoms with Gasteiger partial charge in [0.15, 0.2) is 0 Å². The fourth-order valence-electron chi connectivity index (χ4n) is 3.44. The number of hydrogen-bond donors (Lipinski definition) is 2. The summed E-state index contributed by atoms with van der Waals surface area (Å²) in [6.45, 7) is 4.37. The molecule has 0 saturated carbocycles. The molecule has 3 N–H and O–H groups in total. The Morgan fingerprint density at radius 2 is 1.96 bits per heavy atom. The molecule has 1 saturated heterocycles. The SMILES string of the molecule is CC1CCCCN1Cc1ccc(NC(=O)c2cc(C(N)=O)cn2C)cc1. The summed E-state index contributed by atoms with van der Waals surface area (Å²) in [6.07, 6.45) is 5.40. The Kier molecular flexibility index (Phi) is 5.42. The average Bonchev–Trinajstić information content (AvgIpc) is 3.01. The first-order chi connectivity index (χ1) is 12.4. The predicted molar refractivity (Wildman–Crippen MR) is 102 cm³/mol. The van der Waals surface area contributed by atoms with Crippen molar-refractivity contribution in [3.8, 4) is 0 Å². The van der Waals surface area contributed by atoms with E-state index in [4.69, 9.17) is 5.73 Å². The second-order valence-electron chi connectivity index (χ2n) is 7.06. The van der Waals surface area contributed by atoms with E-state index < -0.39 is 5.91 Å². The van der Waals surface area contributed by atoms with Crippen molar-refractivity contribution in [2.75, 3.05) is 11.9 Å². The van der Waals surface area contributed by atoms with Gasteiger partial charge in [0.2, 0.25) is 5.91 Å². The molecule has 0 spiro atoms. The van der Waals surface area contributed by atoms with E-state index in [1.54, 1.807) is 17.8 Å². The molecule has 0 bridgehead atoms. The Hall–Kier alpha value is -2.60. The molecule has 1 atom stereocenters. The summed E-state index contributed by atoms with van der Waals surface area (Å²) in [4.78, 5) is 26.2. The molecule has 0 radical (unpaired) electrons. The van der Waals surface area contributed by atoms with E-state index in [9.17, 15) is 9.59 Å². The topological polar surface area (TPSA) is 80.4 Å². The van der Waals surface area contributed by atoms with Gasteiger partial charge in [0.25, 0.3) is 5.91 Å². The second-order valence-corrected chi connectivity index (χ2v) is 7.06. The number of nitrogens with zero attached hydrogens (tertiary/aromatic N) is 2. The van der Waals surface area contributed by atoms with Crippen LogP contribution in [0.1, 0.15) is 52.6 Å². The lowest BCUT2D eigenvalue weighted by atomic mass is 10.0. The van der Waals surface area contributed by atoms with Gasteiger partial charge in [0.1, 0.15) is 5.69 Å². The zero-order valence-corrected chi connectivity index (χ0v) is 15.4. The number of piperidine rings is 1. The Bertz CT molecular complexity index is 795. The van der Waals surface area contributed by atoms with Crippen molar-refractivity contribution in [3.05, 3.63) is 53.3 Å². The zero-order chi connectivity index (χ0) is 18.7. The van der Waals surface area contributed by atoms with Crippen LogP contribution in [0.15, 0.2) is 36.5 Å². The molecule has 1 aliphatic rings. The monoisotopic (exact) mass is 354 g/mol. The van der Waals surface area contributed by atoms with Crippen molar-refractivity contribution >= 4 is 17.5 Å². The Morgan fingerprint density at radius 3 is 2.58 bits per heavy atom. The van der Waals surface area contributed by atoms with Crippen molar-refractivity contribution in [2.24, 2.45) is 12.8 Å². The summed E-state index contributed by atoms with van der Waals surface area (Å²) in [5.41, 5.74) is 7.95. The van der Waals surface area contributed by atoms with Gasteiger partial charge in [-0.05, 0) is 50.1 Å². The standard InChI is InChI=1S/C20H26N4O2/c1-14-5-3-4-10-24(14)12-15-6-8-17(9-7-15)22-20(26)18-11-16(19(21)25)13-23(18)2/h6-9,11,13-14H,3-5,10,12H2,1-2H3,(H2,21,25)(H,22,26). The molecule has 6 nitrogen and oxygen atoms in total. The predicted octanol–water partition coefficient (Wildman–Crippen LogP) is 2.75. The van der Waals surface area contributed by atoms with Gasteiger partial charge in [-0.25, -0.2) is 0 Å². The Balaban J connectivity index is 1.63. The molecule has 3 rings (SSSR count). The molecule has 138 valence electrons. The van der Waals surface area contributed by atoms with Gasteiger partial charge in [-0.3, -0.25) is 14.5 Å². The number of nitrogens with two attached hydrogens (primary N) is 1. The smallest absolute Gasteiger partial charge is 0.272 e. The van der Waals surface area contributed by atoms with Gasteiger partial charge >= 0.3 is 0 Å². The lowest BCUT2D eigenvalue weighted by Gasteiger charge is -2.33. The highest BCUT2D eigenvalue weighted by Gasteiger charge is 2.18. The molecule has 2 heterocycles. The van der Waals surface area contributed by atoms with Crippen LogP contribution in [0, 0.1) is 0 Å². The fourth-order valence-corrected chi connectivity index (χ4v) is 3.44. The molecule has 2 amide bonds. The lowest BCUT2D eigenvalue weighted by Crippen LogP contribution is -2.36. The number of aryl methyl sites for hydroxylation is 1. The molecule has 1 aliphatic heterocycles. The molecule has 0 aliphatic carbocycles. The average molecular weight is 354 g/mol. The third-order valence-corrected chi connectivity index (χ3v) is 5.06. The van der Waals surface area contributed by atoms with Gasteiger partial charge < -0.3 is 15.6 Å². The second kappa shape index (κ2) is 7.74. The molecule has 1 unspecified atom stereocenters. The van der Waals surface area contributed by atoms with Crippen molar-refractivity contribution in [1.29, 1.82) is 0 Å². The maximum Gasteiger partial charge on any atom is 0.272 e. The van der Waals surface area contributed by atoms with E-state index in [1.165, 1.54) is 30.9 Å². The quantitative estimate of drug-likeness (QED) is 0.866. The molecule has 26 heavy (non-hydrogen) atoms. The van der Waals surface area contributed by atoms with Crippen molar-refractivity contribution in [2.45, 2.75) is 38.8 Å². The minimum atomic E-state index is -0.545. The number of benzene rings is 1. The molecule has 2 aromatic rings. The maximum absolute atomic E-state index is 12.4. The Morgan fingerprint density at radius 1 is 1.23 bits per heavy atom. The number of nitrogens with one attached hydrogen (secondary N) is 1. The molecular weight excluding hydrogens is 328 g/mol. The van der Waals surface area contributed by atoms with Crippen LogP contribution in [-0.4, -0.2) is 33.9 Å². The highest BCUT2D eigenvalue weighted by molar-refractivity contribution is 6.05. The highest BCUT2D eigenvalue weighted by Crippen LogP contribution is 2.20. The largest absolute Gasteiger partial charge is 0.366 e. The third kappa shape index (κ3) is 4.14.